The number of hydrogen-bond acceptors (Lipinski definition) is 3. The van der Waals surface area contributed by atoms with Gasteiger partial charge in [0.2, 0.25) is 0 Å². The van der Waals surface area contributed by atoms with Crippen LogP contribution in [-0.4, -0.2) is 20.1 Å². The summed E-state index contributed by atoms with van der Waals surface area (Å²) in [6, 6.07) is 8.14. The number of hydrogen-bond donors (Lipinski definition) is 1. The number of aryl methyl sites for hydroxylation is 1. The molecule has 0 aliphatic heterocycles. The van der Waals surface area contributed by atoms with Gasteiger partial charge in [0.15, 0.2) is 0 Å². The highest BCUT2D eigenvalue weighted by Gasteiger charge is 2.06. The second-order valence-electron chi connectivity index (χ2n) is 3.78. The van der Waals surface area contributed by atoms with Gasteiger partial charge in [0, 0.05) is 0 Å². The van der Waals surface area contributed by atoms with Crippen LogP contribution in [0.25, 0.3) is 5.69 Å². The van der Waals surface area contributed by atoms with Gasteiger partial charge in [-0.15, -0.1) is 5.10 Å². The Morgan fingerprint density at radius 3 is 2.50 bits per heavy atom. The van der Waals surface area contributed by atoms with Crippen LogP contribution >= 0.6 is 0 Å². The Morgan fingerprint density at radius 2 is 2.00 bits per heavy atom. The largest absolute Gasteiger partial charge is 0.387 e. The summed E-state index contributed by atoms with van der Waals surface area (Å²) in [4.78, 5) is 0. The first-order valence-corrected chi connectivity index (χ1v) is 5.40. The van der Waals surface area contributed by atoms with Crippen LogP contribution in [0.5, 0.6) is 0 Å². The van der Waals surface area contributed by atoms with E-state index in [0.29, 0.717) is 5.69 Å². The Kier molecular flexibility index (Phi) is 3.01. The van der Waals surface area contributed by atoms with Crippen molar-refractivity contribution in [2.45, 2.75) is 26.4 Å². The molecule has 84 valence electrons. The van der Waals surface area contributed by atoms with Gasteiger partial charge in [-0.25, -0.2) is 4.68 Å². The number of rotatable bonds is 3. The average molecular weight is 217 g/mol. The van der Waals surface area contributed by atoms with Gasteiger partial charge in [0.25, 0.3) is 0 Å². The summed E-state index contributed by atoms with van der Waals surface area (Å²) in [7, 11) is 0. The van der Waals surface area contributed by atoms with Crippen molar-refractivity contribution in [2.24, 2.45) is 0 Å². The Bertz CT molecular complexity index is 459. The van der Waals surface area contributed by atoms with Crippen molar-refractivity contribution in [3.8, 4) is 5.69 Å². The number of benzene rings is 1. The molecule has 2 rings (SSSR count). The highest BCUT2D eigenvalue weighted by Crippen LogP contribution is 2.12. The Balaban J connectivity index is 2.28. The molecular formula is C12H15N3O. The molecule has 0 saturated carbocycles. The second-order valence-corrected chi connectivity index (χ2v) is 3.78. The van der Waals surface area contributed by atoms with E-state index in [-0.39, 0.29) is 0 Å². The van der Waals surface area contributed by atoms with E-state index in [1.165, 1.54) is 5.56 Å². The first kappa shape index (κ1) is 10.8. The van der Waals surface area contributed by atoms with E-state index < -0.39 is 6.10 Å². The van der Waals surface area contributed by atoms with Crippen LogP contribution in [-0.2, 0) is 6.42 Å². The zero-order valence-corrected chi connectivity index (χ0v) is 9.46. The molecular weight excluding hydrogens is 202 g/mol. The molecule has 1 heterocycles. The molecule has 0 saturated heterocycles. The lowest BCUT2D eigenvalue weighted by atomic mass is 10.1. The van der Waals surface area contributed by atoms with Gasteiger partial charge in [-0.05, 0) is 31.0 Å². The molecule has 0 fully saturated rings. The van der Waals surface area contributed by atoms with Gasteiger partial charge >= 0.3 is 0 Å². The molecule has 0 spiro atoms. The molecule has 4 nitrogen and oxygen atoms in total. The fourth-order valence-electron chi connectivity index (χ4n) is 1.48. The van der Waals surface area contributed by atoms with Gasteiger partial charge in [0.05, 0.1) is 18.0 Å². The van der Waals surface area contributed by atoms with E-state index in [4.69, 9.17) is 0 Å². The summed E-state index contributed by atoms with van der Waals surface area (Å²) < 4.78 is 1.67. The molecule has 1 unspecified atom stereocenters. The van der Waals surface area contributed by atoms with Crippen LogP contribution in [0.2, 0.25) is 0 Å². The molecule has 4 heteroatoms. The topological polar surface area (TPSA) is 50.9 Å². The maximum atomic E-state index is 9.35. The summed E-state index contributed by atoms with van der Waals surface area (Å²) in [5.41, 5.74) is 2.83. The highest BCUT2D eigenvalue weighted by atomic mass is 16.3. The molecule has 1 N–H and O–H groups in total. The molecule has 0 bridgehead atoms. The molecule has 16 heavy (non-hydrogen) atoms. The highest BCUT2D eigenvalue weighted by molar-refractivity contribution is 5.33. The lowest BCUT2D eigenvalue weighted by Crippen LogP contribution is -1.94. The van der Waals surface area contributed by atoms with Crippen molar-refractivity contribution in [1.29, 1.82) is 0 Å². The van der Waals surface area contributed by atoms with E-state index in [1.807, 2.05) is 12.1 Å². The molecule has 0 aliphatic carbocycles. The third-order valence-electron chi connectivity index (χ3n) is 2.55. The van der Waals surface area contributed by atoms with Gasteiger partial charge in [-0.1, -0.05) is 24.3 Å². The third-order valence-corrected chi connectivity index (χ3v) is 2.55. The van der Waals surface area contributed by atoms with Crippen molar-refractivity contribution >= 4 is 0 Å². The minimum Gasteiger partial charge on any atom is -0.387 e. The SMILES string of the molecule is CCc1ccc(-n2cc(C(C)O)nn2)cc1. The van der Waals surface area contributed by atoms with Crippen LogP contribution < -0.4 is 0 Å². The maximum Gasteiger partial charge on any atom is 0.111 e. The van der Waals surface area contributed by atoms with E-state index in [0.717, 1.165) is 12.1 Å². The molecule has 0 radical (unpaired) electrons. The van der Waals surface area contributed by atoms with Gasteiger partial charge in [-0.2, -0.15) is 0 Å². The van der Waals surface area contributed by atoms with E-state index in [9.17, 15) is 5.11 Å². The van der Waals surface area contributed by atoms with Crippen LogP contribution in [0, 0.1) is 0 Å². The lowest BCUT2D eigenvalue weighted by Gasteiger charge is -2.01. The minimum atomic E-state index is -0.580. The zero-order chi connectivity index (χ0) is 11.5. The second kappa shape index (κ2) is 4.45. The molecule has 0 aliphatic rings. The van der Waals surface area contributed by atoms with Crippen LogP contribution in [0.4, 0.5) is 0 Å². The van der Waals surface area contributed by atoms with Crippen molar-refractivity contribution in [3.05, 3.63) is 41.7 Å². The van der Waals surface area contributed by atoms with Crippen LogP contribution in [0.1, 0.15) is 31.2 Å². The fraction of sp³-hybridized carbons (Fsp3) is 0.333. The van der Waals surface area contributed by atoms with Gasteiger partial charge < -0.3 is 5.11 Å². The normalized spacial score (nSPS) is 12.7. The van der Waals surface area contributed by atoms with Crippen molar-refractivity contribution in [3.63, 3.8) is 0 Å². The first-order valence-electron chi connectivity index (χ1n) is 5.40. The average Bonchev–Trinajstić information content (AvgIpc) is 2.78. The summed E-state index contributed by atoms with van der Waals surface area (Å²) in [6.07, 6.45) is 2.19. The van der Waals surface area contributed by atoms with Gasteiger partial charge in [-0.3, -0.25) is 0 Å². The summed E-state index contributed by atoms with van der Waals surface area (Å²) in [5, 5.41) is 17.2. The Hall–Kier alpha value is -1.68. The predicted molar refractivity (Wildman–Crippen MR) is 61.4 cm³/mol. The molecule has 1 aromatic heterocycles. The zero-order valence-electron chi connectivity index (χ0n) is 9.46. The van der Waals surface area contributed by atoms with E-state index in [2.05, 4.69) is 29.4 Å². The third kappa shape index (κ3) is 2.12. The van der Waals surface area contributed by atoms with Crippen molar-refractivity contribution in [2.75, 3.05) is 0 Å². The number of aliphatic hydroxyl groups is 1. The van der Waals surface area contributed by atoms with Crippen molar-refractivity contribution in [1.82, 2.24) is 15.0 Å². The summed E-state index contributed by atoms with van der Waals surface area (Å²) >= 11 is 0. The van der Waals surface area contributed by atoms with Crippen LogP contribution in [0.15, 0.2) is 30.5 Å². The standard InChI is InChI=1S/C12H15N3O/c1-3-10-4-6-11(7-5-10)15-8-12(9(2)16)13-14-15/h4-9,16H,3H2,1-2H3. The molecule has 1 aromatic carbocycles. The molecule has 2 aromatic rings. The van der Waals surface area contributed by atoms with E-state index >= 15 is 0 Å². The number of nitrogens with zero attached hydrogens (tertiary/aromatic N) is 3. The Labute approximate surface area is 94.5 Å². The number of aromatic nitrogens is 3. The molecule has 1 atom stereocenters. The lowest BCUT2D eigenvalue weighted by molar-refractivity contribution is 0.194. The fourth-order valence-corrected chi connectivity index (χ4v) is 1.48. The summed E-state index contributed by atoms with van der Waals surface area (Å²) in [5.74, 6) is 0. The van der Waals surface area contributed by atoms with Crippen LogP contribution in [0.3, 0.4) is 0 Å². The number of aliphatic hydroxyl groups excluding tert-OH is 1. The van der Waals surface area contributed by atoms with Crippen molar-refractivity contribution < 1.29 is 5.11 Å². The molecule has 0 amide bonds. The monoisotopic (exact) mass is 217 g/mol. The van der Waals surface area contributed by atoms with Gasteiger partial charge in [0.1, 0.15) is 5.69 Å². The quantitative estimate of drug-likeness (QED) is 0.854. The first-order chi connectivity index (χ1) is 7.70. The minimum absolute atomic E-state index is 0.580. The smallest absolute Gasteiger partial charge is 0.111 e. The maximum absolute atomic E-state index is 9.35. The predicted octanol–water partition coefficient (Wildman–Crippen LogP) is 1.88. The summed E-state index contributed by atoms with van der Waals surface area (Å²) in [6.45, 7) is 3.80. The Morgan fingerprint density at radius 1 is 1.31 bits per heavy atom. The van der Waals surface area contributed by atoms with E-state index in [1.54, 1.807) is 17.8 Å².